The van der Waals surface area contributed by atoms with Crippen molar-refractivity contribution < 1.29 is 14.3 Å². The fraction of sp³-hybridized carbons (Fsp3) is 0.583. The van der Waals surface area contributed by atoms with Gasteiger partial charge in [0.25, 0.3) is 0 Å². The summed E-state index contributed by atoms with van der Waals surface area (Å²) in [6, 6.07) is 0. The van der Waals surface area contributed by atoms with Gasteiger partial charge in [-0.3, -0.25) is 0 Å². The van der Waals surface area contributed by atoms with Crippen LogP contribution in [0.5, 0.6) is 0 Å². The maximum Gasteiger partial charge on any atom is 0.328 e. The van der Waals surface area contributed by atoms with E-state index in [0.29, 0.717) is 18.2 Å². The number of carboxylic acid groups (broad SMARTS) is 1. The first-order valence-corrected chi connectivity index (χ1v) is 5.52. The third kappa shape index (κ3) is 4.38. The zero-order valence-corrected chi connectivity index (χ0v) is 10.6. The Morgan fingerprint density at radius 2 is 2.12 bits per heavy atom. The van der Waals surface area contributed by atoms with Crippen LogP contribution in [0, 0.1) is 11.3 Å². The molecule has 5 nitrogen and oxygen atoms in total. The second-order valence-corrected chi connectivity index (χ2v) is 5.18. The van der Waals surface area contributed by atoms with E-state index in [4.69, 9.17) is 9.52 Å². The van der Waals surface area contributed by atoms with Crippen molar-refractivity contribution in [2.24, 2.45) is 11.3 Å². The molecule has 1 rings (SSSR count). The zero-order valence-electron chi connectivity index (χ0n) is 10.6. The second kappa shape index (κ2) is 5.12. The van der Waals surface area contributed by atoms with E-state index in [-0.39, 0.29) is 11.3 Å². The molecule has 0 saturated heterocycles. The number of hydrogen-bond donors (Lipinski definition) is 1. The number of aromatic nitrogens is 2. The third-order valence-electron chi connectivity index (χ3n) is 2.81. The molecule has 1 aromatic rings. The SMILES string of the molecule is CC(Cc1nnc(/C=C/C(=O)O)o1)C(C)(C)C. The number of nitrogens with zero attached hydrogens (tertiary/aromatic N) is 2. The fourth-order valence-electron chi connectivity index (χ4n) is 1.13. The highest BCUT2D eigenvalue weighted by atomic mass is 16.4. The van der Waals surface area contributed by atoms with Crippen molar-refractivity contribution in [3.8, 4) is 0 Å². The average molecular weight is 238 g/mol. The molecule has 0 amide bonds. The highest BCUT2D eigenvalue weighted by Crippen LogP contribution is 2.28. The van der Waals surface area contributed by atoms with E-state index in [1.807, 2.05) is 0 Å². The number of rotatable bonds is 4. The monoisotopic (exact) mass is 238 g/mol. The molecule has 5 heteroatoms. The molecule has 0 spiro atoms. The molecule has 0 radical (unpaired) electrons. The lowest BCUT2D eigenvalue weighted by Gasteiger charge is -2.25. The minimum Gasteiger partial charge on any atom is -0.478 e. The van der Waals surface area contributed by atoms with Gasteiger partial charge in [-0.2, -0.15) is 0 Å². The van der Waals surface area contributed by atoms with Gasteiger partial charge < -0.3 is 9.52 Å². The Labute approximate surface area is 101 Å². The molecule has 0 bridgehead atoms. The predicted molar refractivity (Wildman–Crippen MR) is 63.3 cm³/mol. The third-order valence-corrected chi connectivity index (χ3v) is 2.81. The lowest BCUT2D eigenvalue weighted by molar-refractivity contribution is -0.131. The molecule has 0 saturated carbocycles. The first-order chi connectivity index (χ1) is 7.79. The lowest BCUT2D eigenvalue weighted by atomic mass is 9.80. The molecule has 1 N–H and O–H groups in total. The van der Waals surface area contributed by atoms with Crippen LogP contribution in [0.15, 0.2) is 10.5 Å². The van der Waals surface area contributed by atoms with Crippen molar-refractivity contribution in [1.29, 1.82) is 0 Å². The normalized spacial score (nSPS) is 14.1. The minimum absolute atomic E-state index is 0.172. The Balaban J connectivity index is 2.66. The van der Waals surface area contributed by atoms with Gasteiger partial charge in [-0.05, 0) is 11.3 Å². The van der Waals surface area contributed by atoms with Gasteiger partial charge in [0.05, 0.1) is 0 Å². The summed E-state index contributed by atoms with van der Waals surface area (Å²) in [4.78, 5) is 10.3. The molecular weight excluding hydrogens is 220 g/mol. The summed E-state index contributed by atoms with van der Waals surface area (Å²) in [5.41, 5.74) is 0.172. The topological polar surface area (TPSA) is 76.2 Å². The van der Waals surface area contributed by atoms with Crippen LogP contribution in [-0.2, 0) is 11.2 Å². The van der Waals surface area contributed by atoms with Crippen LogP contribution < -0.4 is 0 Å². The van der Waals surface area contributed by atoms with Crippen LogP contribution in [-0.4, -0.2) is 21.3 Å². The van der Waals surface area contributed by atoms with Crippen molar-refractivity contribution in [2.75, 3.05) is 0 Å². The molecular formula is C12H18N2O3. The van der Waals surface area contributed by atoms with E-state index in [2.05, 4.69) is 37.9 Å². The van der Waals surface area contributed by atoms with E-state index in [1.54, 1.807) is 0 Å². The molecule has 1 unspecified atom stereocenters. The maximum absolute atomic E-state index is 10.3. The predicted octanol–water partition coefficient (Wildman–Crippen LogP) is 2.39. The Bertz CT molecular complexity index is 416. The minimum atomic E-state index is -1.03. The zero-order chi connectivity index (χ0) is 13.1. The van der Waals surface area contributed by atoms with Crippen LogP contribution in [0.4, 0.5) is 0 Å². The number of hydrogen-bond acceptors (Lipinski definition) is 4. The van der Waals surface area contributed by atoms with Crippen molar-refractivity contribution in [2.45, 2.75) is 34.1 Å². The molecule has 0 aliphatic rings. The molecule has 0 aliphatic carbocycles. The van der Waals surface area contributed by atoms with Gasteiger partial charge in [0, 0.05) is 18.6 Å². The molecule has 0 fully saturated rings. The van der Waals surface area contributed by atoms with Gasteiger partial charge in [-0.1, -0.05) is 27.7 Å². The summed E-state index contributed by atoms with van der Waals surface area (Å²) in [7, 11) is 0. The second-order valence-electron chi connectivity index (χ2n) is 5.18. The number of carbonyl (C=O) groups is 1. The Hall–Kier alpha value is -1.65. The van der Waals surface area contributed by atoms with E-state index in [1.165, 1.54) is 6.08 Å². The quantitative estimate of drug-likeness (QED) is 0.815. The van der Waals surface area contributed by atoms with Crippen LogP contribution in [0.25, 0.3) is 6.08 Å². The summed E-state index contributed by atoms with van der Waals surface area (Å²) < 4.78 is 5.33. The van der Waals surface area contributed by atoms with Gasteiger partial charge in [-0.15, -0.1) is 10.2 Å². The van der Waals surface area contributed by atoms with E-state index in [9.17, 15) is 4.79 Å². The number of carboxylic acids is 1. The summed E-state index contributed by atoms with van der Waals surface area (Å²) in [5.74, 6) is 0.132. The number of aliphatic carboxylic acids is 1. The van der Waals surface area contributed by atoms with Crippen LogP contribution in [0.1, 0.15) is 39.5 Å². The molecule has 94 valence electrons. The van der Waals surface area contributed by atoms with Gasteiger partial charge in [0.2, 0.25) is 11.8 Å². The highest BCUT2D eigenvalue weighted by Gasteiger charge is 2.22. The molecule has 1 aromatic heterocycles. The standard InChI is InChI=1S/C12H18N2O3/c1-8(12(2,3)4)7-10-14-13-9(17-10)5-6-11(15)16/h5-6,8H,7H2,1-4H3,(H,15,16)/b6-5+. The van der Waals surface area contributed by atoms with E-state index >= 15 is 0 Å². The summed E-state index contributed by atoms with van der Waals surface area (Å²) in [6.45, 7) is 8.58. The maximum atomic E-state index is 10.3. The van der Waals surface area contributed by atoms with Crippen molar-refractivity contribution >= 4 is 12.0 Å². The fourth-order valence-corrected chi connectivity index (χ4v) is 1.13. The summed E-state index contributed by atoms with van der Waals surface area (Å²) in [6.07, 6.45) is 2.96. The first kappa shape index (κ1) is 13.4. The van der Waals surface area contributed by atoms with Crippen LogP contribution in [0.3, 0.4) is 0 Å². The van der Waals surface area contributed by atoms with Gasteiger partial charge in [-0.25, -0.2) is 4.79 Å². The van der Waals surface area contributed by atoms with Gasteiger partial charge >= 0.3 is 5.97 Å². The van der Waals surface area contributed by atoms with Gasteiger partial charge in [0.1, 0.15) is 0 Å². The van der Waals surface area contributed by atoms with Crippen molar-refractivity contribution in [3.63, 3.8) is 0 Å². The van der Waals surface area contributed by atoms with E-state index in [0.717, 1.165) is 6.08 Å². The smallest absolute Gasteiger partial charge is 0.328 e. The highest BCUT2D eigenvalue weighted by molar-refractivity contribution is 5.84. The van der Waals surface area contributed by atoms with Crippen molar-refractivity contribution in [1.82, 2.24) is 10.2 Å². The largest absolute Gasteiger partial charge is 0.478 e. The molecule has 1 atom stereocenters. The molecule has 17 heavy (non-hydrogen) atoms. The lowest BCUT2D eigenvalue weighted by Crippen LogP contribution is -2.19. The van der Waals surface area contributed by atoms with Crippen molar-refractivity contribution in [3.05, 3.63) is 17.9 Å². The Morgan fingerprint density at radius 1 is 1.47 bits per heavy atom. The first-order valence-electron chi connectivity index (χ1n) is 5.52. The summed E-state index contributed by atoms with van der Waals surface area (Å²) in [5, 5.41) is 16.1. The van der Waals surface area contributed by atoms with Crippen LogP contribution in [0.2, 0.25) is 0 Å². The average Bonchev–Trinajstić information content (AvgIpc) is 2.61. The van der Waals surface area contributed by atoms with Crippen LogP contribution >= 0.6 is 0 Å². The van der Waals surface area contributed by atoms with Gasteiger partial charge in [0.15, 0.2) is 0 Å². The molecule has 0 aromatic carbocycles. The molecule has 0 aliphatic heterocycles. The Kier molecular flexibility index (Phi) is 4.04. The Morgan fingerprint density at radius 3 is 2.65 bits per heavy atom. The molecule has 1 heterocycles. The van der Waals surface area contributed by atoms with E-state index < -0.39 is 5.97 Å². The summed E-state index contributed by atoms with van der Waals surface area (Å²) >= 11 is 0.